The highest BCUT2D eigenvalue weighted by Crippen LogP contribution is 2.43. The first-order valence-electron chi connectivity index (χ1n) is 6.15. The molecule has 0 saturated carbocycles. The zero-order valence-electron chi connectivity index (χ0n) is 11.4. The number of rotatable bonds is 4. The fourth-order valence-corrected chi connectivity index (χ4v) is 3.47. The number of hydrogen-bond donors (Lipinski definition) is 2. The molecule has 114 valence electrons. The fraction of sp³-hybridized carbons (Fsp3) is 0.500. The monoisotopic (exact) mass is 314 g/mol. The molecular formula is C12H14N2O6S. The Morgan fingerprint density at radius 2 is 2.05 bits per heavy atom. The smallest absolute Gasteiger partial charge is 0.356 e. The van der Waals surface area contributed by atoms with Crippen LogP contribution in [0.3, 0.4) is 0 Å². The summed E-state index contributed by atoms with van der Waals surface area (Å²) >= 11 is 1.23. The van der Waals surface area contributed by atoms with Gasteiger partial charge in [-0.25, -0.2) is 4.79 Å². The first-order valence-corrected chi connectivity index (χ1v) is 7.10. The van der Waals surface area contributed by atoms with Crippen molar-refractivity contribution < 1.29 is 29.0 Å². The number of nitrogens with zero attached hydrogens (tertiary/aromatic N) is 1. The molecule has 0 aromatic carbocycles. The number of carboxylic acids is 1. The Kier molecular flexibility index (Phi) is 4.06. The Labute approximate surface area is 124 Å². The van der Waals surface area contributed by atoms with Gasteiger partial charge in [0.15, 0.2) is 11.5 Å². The number of hydrogen-bond acceptors (Lipinski definition) is 7. The second kappa shape index (κ2) is 5.49. The molecule has 8 nitrogen and oxygen atoms in total. The van der Waals surface area contributed by atoms with Crippen molar-refractivity contribution in [2.45, 2.75) is 36.9 Å². The van der Waals surface area contributed by atoms with Crippen LogP contribution in [-0.4, -0.2) is 50.3 Å². The number of β-lactam (4-membered cyclic amide) rings is 1. The lowest BCUT2D eigenvalue weighted by Gasteiger charge is -2.48. The molecule has 1 fully saturated rings. The fourth-order valence-electron chi connectivity index (χ4n) is 2.15. The highest BCUT2D eigenvalue weighted by molar-refractivity contribution is 8.00. The van der Waals surface area contributed by atoms with Gasteiger partial charge in [0, 0.05) is 0 Å². The molecule has 0 aliphatic carbocycles. The van der Waals surface area contributed by atoms with Crippen LogP contribution in [0.1, 0.15) is 20.3 Å². The molecule has 21 heavy (non-hydrogen) atoms. The number of Topliss-reactive ketones (excluding diaryl/α,β-unsaturated/α-hetero) is 1. The number of fused-ring (bicyclic) bond motifs is 1. The van der Waals surface area contributed by atoms with E-state index in [1.54, 1.807) is 6.92 Å². The van der Waals surface area contributed by atoms with Gasteiger partial charge in [0.25, 0.3) is 0 Å². The van der Waals surface area contributed by atoms with Crippen molar-refractivity contribution >= 4 is 35.4 Å². The van der Waals surface area contributed by atoms with E-state index < -0.39 is 46.7 Å². The van der Waals surface area contributed by atoms with Gasteiger partial charge in [0.1, 0.15) is 23.6 Å². The van der Waals surface area contributed by atoms with Crippen molar-refractivity contribution in [3.05, 3.63) is 11.5 Å². The quantitative estimate of drug-likeness (QED) is 0.401. The van der Waals surface area contributed by atoms with E-state index in [4.69, 9.17) is 10.5 Å². The normalized spacial score (nSPS) is 27.9. The minimum absolute atomic E-state index is 0.129. The van der Waals surface area contributed by atoms with Crippen molar-refractivity contribution in [3.63, 3.8) is 0 Å². The summed E-state index contributed by atoms with van der Waals surface area (Å²) in [7, 11) is 0. The van der Waals surface area contributed by atoms with Gasteiger partial charge in [-0.1, -0.05) is 0 Å². The van der Waals surface area contributed by atoms with Crippen LogP contribution >= 0.6 is 11.8 Å². The summed E-state index contributed by atoms with van der Waals surface area (Å²) in [6, 6.07) is -0.763. The standard InChI is InChI=1S/C12H14N2O6S/c1-4(15)3-6(16)20-9-5(2)21-11-7(13)10(17)14(11)8(9)12(18)19/h5,7,11H,3,13H2,1-2H3,(H,18,19)/t5?,7?,11-/m1/s1. The van der Waals surface area contributed by atoms with Crippen molar-refractivity contribution in [3.8, 4) is 0 Å². The zero-order valence-corrected chi connectivity index (χ0v) is 12.2. The molecular weight excluding hydrogens is 300 g/mol. The number of thioether (sulfide) groups is 1. The van der Waals surface area contributed by atoms with E-state index in [2.05, 4.69) is 0 Å². The predicted octanol–water partition coefficient (Wildman–Crippen LogP) is -0.564. The number of esters is 1. The summed E-state index contributed by atoms with van der Waals surface area (Å²) in [6.07, 6.45) is -0.454. The summed E-state index contributed by atoms with van der Waals surface area (Å²) in [5.74, 6) is -3.28. The van der Waals surface area contributed by atoms with Gasteiger partial charge in [-0.15, -0.1) is 11.8 Å². The lowest BCUT2D eigenvalue weighted by molar-refractivity contribution is -0.150. The van der Waals surface area contributed by atoms with E-state index in [1.165, 1.54) is 18.7 Å². The van der Waals surface area contributed by atoms with Gasteiger partial charge in [-0.2, -0.15) is 0 Å². The van der Waals surface area contributed by atoms with Crippen LogP contribution in [0, 0.1) is 0 Å². The number of aliphatic carboxylic acids is 1. The molecule has 2 heterocycles. The Morgan fingerprint density at radius 1 is 1.43 bits per heavy atom. The first kappa shape index (κ1) is 15.5. The van der Waals surface area contributed by atoms with Crippen LogP contribution in [0.2, 0.25) is 0 Å². The van der Waals surface area contributed by atoms with Crippen LogP contribution in [-0.2, 0) is 23.9 Å². The second-order valence-electron chi connectivity index (χ2n) is 4.77. The third-order valence-corrected chi connectivity index (χ3v) is 4.50. The number of carbonyl (C=O) groups excluding carboxylic acids is 3. The van der Waals surface area contributed by atoms with E-state index in [0.717, 1.165) is 4.90 Å². The van der Waals surface area contributed by atoms with Crippen molar-refractivity contribution in [2.75, 3.05) is 0 Å². The molecule has 2 aliphatic heterocycles. The van der Waals surface area contributed by atoms with E-state index in [9.17, 15) is 24.3 Å². The molecule has 0 aromatic heterocycles. The Balaban J connectivity index is 2.33. The molecule has 2 aliphatic rings. The lowest BCUT2D eigenvalue weighted by Crippen LogP contribution is -2.69. The molecule has 0 aromatic rings. The SMILES string of the molecule is CC(=O)CC(=O)OC1=C(C(=O)O)N2C(=O)C(N)[C@H]2SC1C. The summed E-state index contributed by atoms with van der Waals surface area (Å²) < 4.78 is 5.01. The topological polar surface area (TPSA) is 127 Å². The largest absolute Gasteiger partial charge is 0.476 e. The zero-order chi connectivity index (χ0) is 15.9. The predicted molar refractivity (Wildman–Crippen MR) is 71.7 cm³/mol. The van der Waals surface area contributed by atoms with E-state index in [1.807, 2.05) is 0 Å². The molecule has 0 bridgehead atoms. The Bertz CT molecular complexity index is 572. The maximum atomic E-state index is 11.7. The van der Waals surface area contributed by atoms with Gasteiger partial charge in [0.2, 0.25) is 5.91 Å². The number of carbonyl (C=O) groups is 4. The summed E-state index contributed by atoms with van der Waals surface area (Å²) in [4.78, 5) is 46.6. The van der Waals surface area contributed by atoms with Crippen LogP contribution in [0.15, 0.2) is 11.5 Å². The Morgan fingerprint density at radius 3 is 2.57 bits per heavy atom. The molecule has 2 rings (SSSR count). The van der Waals surface area contributed by atoms with E-state index >= 15 is 0 Å². The van der Waals surface area contributed by atoms with E-state index in [0.29, 0.717) is 0 Å². The number of ketones is 1. The molecule has 2 unspecified atom stereocenters. The van der Waals surface area contributed by atoms with Crippen molar-refractivity contribution in [1.29, 1.82) is 0 Å². The minimum Gasteiger partial charge on any atom is -0.476 e. The van der Waals surface area contributed by atoms with Gasteiger partial charge in [0.05, 0.1) is 5.25 Å². The number of ether oxygens (including phenoxy) is 1. The van der Waals surface area contributed by atoms with Gasteiger partial charge in [-0.05, 0) is 13.8 Å². The highest BCUT2D eigenvalue weighted by Gasteiger charge is 2.54. The van der Waals surface area contributed by atoms with Crippen molar-refractivity contribution in [1.82, 2.24) is 4.90 Å². The maximum Gasteiger partial charge on any atom is 0.356 e. The summed E-state index contributed by atoms with van der Waals surface area (Å²) in [6.45, 7) is 2.87. The van der Waals surface area contributed by atoms with Crippen LogP contribution < -0.4 is 5.73 Å². The molecule has 9 heteroatoms. The minimum atomic E-state index is -1.38. The summed E-state index contributed by atoms with van der Waals surface area (Å²) in [5.41, 5.74) is 5.25. The van der Waals surface area contributed by atoms with Gasteiger partial charge in [-0.3, -0.25) is 19.3 Å². The highest BCUT2D eigenvalue weighted by atomic mass is 32.2. The van der Waals surface area contributed by atoms with Gasteiger partial charge >= 0.3 is 11.9 Å². The third kappa shape index (κ3) is 2.66. The average Bonchev–Trinajstić information content (AvgIpc) is 2.38. The third-order valence-electron chi connectivity index (χ3n) is 3.09. The van der Waals surface area contributed by atoms with Crippen molar-refractivity contribution in [2.24, 2.45) is 5.73 Å². The van der Waals surface area contributed by atoms with Crippen LogP contribution in [0.4, 0.5) is 0 Å². The first-order chi connectivity index (χ1) is 9.73. The molecule has 1 saturated heterocycles. The maximum absolute atomic E-state index is 11.7. The molecule has 3 atom stereocenters. The van der Waals surface area contributed by atoms with E-state index in [-0.39, 0.29) is 11.5 Å². The van der Waals surface area contributed by atoms with Gasteiger partial charge < -0.3 is 15.6 Å². The molecule has 0 spiro atoms. The number of carboxylic acid groups (broad SMARTS) is 1. The average molecular weight is 314 g/mol. The second-order valence-corrected chi connectivity index (χ2v) is 6.24. The van der Waals surface area contributed by atoms with Crippen LogP contribution in [0.5, 0.6) is 0 Å². The van der Waals surface area contributed by atoms with Crippen LogP contribution in [0.25, 0.3) is 0 Å². The lowest BCUT2D eigenvalue weighted by atomic mass is 10.1. The molecule has 3 N–H and O–H groups in total. The molecule has 1 amide bonds. The number of amides is 1. The Hall–Kier alpha value is -1.87. The summed E-state index contributed by atoms with van der Waals surface area (Å²) in [5, 5.41) is 8.34. The number of nitrogens with two attached hydrogens (primary N) is 1. The molecule has 0 radical (unpaired) electrons.